The zero-order chi connectivity index (χ0) is 16.1. The van der Waals surface area contributed by atoms with Crippen molar-refractivity contribution in [3.63, 3.8) is 0 Å². The predicted octanol–water partition coefficient (Wildman–Crippen LogP) is 2.48. The van der Waals surface area contributed by atoms with Crippen molar-refractivity contribution < 1.29 is 0 Å². The molecule has 23 heavy (non-hydrogen) atoms. The van der Waals surface area contributed by atoms with E-state index in [2.05, 4.69) is 5.10 Å². The number of rotatable bonds is 1. The van der Waals surface area contributed by atoms with E-state index in [-0.39, 0.29) is 11.1 Å². The van der Waals surface area contributed by atoms with Gasteiger partial charge in [0.25, 0.3) is 11.1 Å². The first kappa shape index (κ1) is 13.6. The lowest BCUT2D eigenvalue weighted by atomic mass is 10.1. The second kappa shape index (κ2) is 4.71. The molecule has 0 amide bonds. The number of aromatic amines is 1. The lowest BCUT2D eigenvalue weighted by Crippen LogP contribution is -2.21. The van der Waals surface area contributed by atoms with Gasteiger partial charge in [0.15, 0.2) is 0 Å². The summed E-state index contributed by atoms with van der Waals surface area (Å²) < 4.78 is 3.00. The summed E-state index contributed by atoms with van der Waals surface area (Å²) in [4.78, 5) is 25.0. The molecule has 4 aromatic rings. The lowest BCUT2D eigenvalue weighted by Gasteiger charge is -2.13. The lowest BCUT2D eigenvalue weighted by molar-refractivity contribution is 0.751. The van der Waals surface area contributed by atoms with Gasteiger partial charge in [-0.05, 0) is 18.4 Å². The topological polar surface area (TPSA) is 59.8 Å². The summed E-state index contributed by atoms with van der Waals surface area (Å²) in [6.45, 7) is 1.81. The van der Waals surface area contributed by atoms with Crippen LogP contribution in [0.1, 0.15) is 5.69 Å². The smallest absolute Gasteiger partial charge is 0.275 e. The van der Waals surface area contributed by atoms with Crippen molar-refractivity contribution >= 4 is 21.7 Å². The van der Waals surface area contributed by atoms with Gasteiger partial charge >= 0.3 is 0 Å². The number of aryl methyl sites for hydroxylation is 2. The Hall–Kier alpha value is -3.08. The number of hydrogen-bond donors (Lipinski definition) is 1. The first-order chi connectivity index (χ1) is 11.1. The monoisotopic (exact) mass is 305 g/mol. The van der Waals surface area contributed by atoms with Gasteiger partial charge in [0, 0.05) is 24.2 Å². The Kier molecular flexibility index (Phi) is 2.78. The number of fused-ring (bicyclic) bond motifs is 2. The van der Waals surface area contributed by atoms with Crippen LogP contribution in [0.2, 0.25) is 0 Å². The summed E-state index contributed by atoms with van der Waals surface area (Å²) in [5.74, 6) is 0. The molecule has 0 bridgehead atoms. The van der Waals surface area contributed by atoms with Crippen LogP contribution in [0.4, 0.5) is 0 Å². The van der Waals surface area contributed by atoms with E-state index in [1.165, 1.54) is 10.7 Å². The third-order valence-corrected chi connectivity index (χ3v) is 4.27. The molecule has 0 aliphatic heterocycles. The highest BCUT2D eigenvalue weighted by Crippen LogP contribution is 2.23. The van der Waals surface area contributed by atoms with E-state index in [0.29, 0.717) is 16.6 Å². The van der Waals surface area contributed by atoms with E-state index < -0.39 is 0 Å². The molecule has 0 aliphatic rings. The van der Waals surface area contributed by atoms with E-state index in [1.807, 2.05) is 42.5 Å². The SMILES string of the molecule is Cc1c2c(=O)n(C)[nH]c2cc(=O)n1-c1cccc2ccccc12. The Labute approximate surface area is 131 Å². The van der Waals surface area contributed by atoms with Crippen LogP contribution in [0.15, 0.2) is 58.1 Å². The number of nitrogens with one attached hydrogen (secondary N) is 1. The molecule has 1 N–H and O–H groups in total. The molecule has 5 heteroatoms. The maximum absolute atomic E-state index is 12.7. The minimum atomic E-state index is -0.159. The van der Waals surface area contributed by atoms with Crippen LogP contribution in [0, 0.1) is 6.92 Å². The van der Waals surface area contributed by atoms with Gasteiger partial charge in [0.2, 0.25) is 0 Å². The second-order valence-electron chi connectivity index (χ2n) is 5.67. The summed E-state index contributed by atoms with van der Waals surface area (Å²) in [6.07, 6.45) is 0. The normalized spacial score (nSPS) is 11.4. The highest BCUT2D eigenvalue weighted by atomic mass is 16.1. The standard InChI is InChI=1S/C18H15N3O2/c1-11-17-14(19-20(2)18(17)23)10-16(22)21(11)15-9-5-7-12-6-3-4-8-13(12)15/h3-10,19H,1-2H3. The Morgan fingerprint density at radius 2 is 1.74 bits per heavy atom. The van der Waals surface area contributed by atoms with Gasteiger partial charge in [-0.2, -0.15) is 0 Å². The first-order valence-corrected chi connectivity index (χ1v) is 7.37. The fraction of sp³-hybridized carbons (Fsp3) is 0.111. The second-order valence-corrected chi connectivity index (χ2v) is 5.67. The van der Waals surface area contributed by atoms with Crippen molar-refractivity contribution in [3.8, 4) is 5.69 Å². The number of H-pyrrole nitrogens is 1. The molecule has 5 nitrogen and oxygen atoms in total. The van der Waals surface area contributed by atoms with Crippen molar-refractivity contribution in [1.29, 1.82) is 0 Å². The quantitative estimate of drug-likeness (QED) is 0.587. The van der Waals surface area contributed by atoms with Crippen LogP contribution in [-0.2, 0) is 7.05 Å². The molecule has 114 valence electrons. The van der Waals surface area contributed by atoms with Crippen LogP contribution in [-0.4, -0.2) is 14.3 Å². The molecule has 2 aromatic heterocycles. The van der Waals surface area contributed by atoms with Crippen LogP contribution < -0.4 is 11.1 Å². The van der Waals surface area contributed by atoms with Gasteiger partial charge < -0.3 is 0 Å². The molecule has 2 heterocycles. The molecule has 0 saturated carbocycles. The highest BCUT2D eigenvalue weighted by Gasteiger charge is 2.15. The minimum absolute atomic E-state index is 0.133. The van der Waals surface area contributed by atoms with E-state index >= 15 is 0 Å². The summed E-state index contributed by atoms with van der Waals surface area (Å²) >= 11 is 0. The summed E-state index contributed by atoms with van der Waals surface area (Å²) in [5, 5.41) is 5.49. The summed E-state index contributed by atoms with van der Waals surface area (Å²) in [7, 11) is 1.65. The van der Waals surface area contributed by atoms with E-state index in [1.54, 1.807) is 18.5 Å². The number of benzene rings is 2. The Bertz CT molecular complexity index is 1170. The molecular formula is C18H15N3O2. The number of pyridine rings is 1. The molecule has 4 rings (SSSR count). The molecule has 0 fully saturated rings. The van der Waals surface area contributed by atoms with E-state index in [9.17, 15) is 9.59 Å². The molecule has 0 spiro atoms. The molecular weight excluding hydrogens is 290 g/mol. The maximum atomic E-state index is 12.7. The highest BCUT2D eigenvalue weighted by molar-refractivity contribution is 5.91. The zero-order valence-electron chi connectivity index (χ0n) is 12.8. The molecule has 0 radical (unpaired) electrons. The number of aromatic nitrogens is 3. The van der Waals surface area contributed by atoms with Crippen LogP contribution >= 0.6 is 0 Å². The van der Waals surface area contributed by atoms with Gasteiger partial charge in [0.05, 0.1) is 16.6 Å². The van der Waals surface area contributed by atoms with Gasteiger partial charge in [-0.3, -0.25) is 23.9 Å². The first-order valence-electron chi connectivity index (χ1n) is 7.37. The van der Waals surface area contributed by atoms with Crippen molar-refractivity contribution in [2.75, 3.05) is 0 Å². The predicted molar refractivity (Wildman–Crippen MR) is 91.4 cm³/mol. The Morgan fingerprint density at radius 3 is 2.57 bits per heavy atom. The Morgan fingerprint density at radius 1 is 1.00 bits per heavy atom. The van der Waals surface area contributed by atoms with E-state index in [4.69, 9.17) is 0 Å². The van der Waals surface area contributed by atoms with Crippen LogP contribution in [0.3, 0.4) is 0 Å². The van der Waals surface area contributed by atoms with Crippen LogP contribution in [0.5, 0.6) is 0 Å². The van der Waals surface area contributed by atoms with Crippen molar-refractivity contribution in [2.45, 2.75) is 6.92 Å². The van der Waals surface area contributed by atoms with Crippen molar-refractivity contribution in [1.82, 2.24) is 14.3 Å². The average Bonchev–Trinajstić information content (AvgIpc) is 2.82. The van der Waals surface area contributed by atoms with Crippen molar-refractivity contribution in [3.05, 3.63) is 74.9 Å². The van der Waals surface area contributed by atoms with Crippen molar-refractivity contribution in [2.24, 2.45) is 7.05 Å². The van der Waals surface area contributed by atoms with Gasteiger partial charge in [-0.15, -0.1) is 0 Å². The van der Waals surface area contributed by atoms with Gasteiger partial charge in [-0.1, -0.05) is 36.4 Å². The third-order valence-electron chi connectivity index (χ3n) is 4.27. The minimum Gasteiger partial charge on any atom is -0.295 e. The van der Waals surface area contributed by atoms with E-state index in [0.717, 1.165) is 16.5 Å². The number of hydrogen-bond acceptors (Lipinski definition) is 2. The summed E-state index contributed by atoms with van der Waals surface area (Å²) in [5.41, 5.74) is 1.71. The molecule has 0 aliphatic carbocycles. The molecule has 2 aromatic carbocycles. The van der Waals surface area contributed by atoms with Gasteiger partial charge in [0.1, 0.15) is 0 Å². The molecule has 0 unspecified atom stereocenters. The average molecular weight is 305 g/mol. The summed E-state index contributed by atoms with van der Waals surface area (Å²) in [6, 6.07) is 15.2. The molecule has 0 saturated heterocycles. The van der Waals surface area contributed by atoms with Crippen LogP contribution in [0.25, 0.3) is 27.4 Å². The Balaban J connectivity index is 2.19. The maximum Gasteiger partial charge on any atom is 0.275 e. The largest absolute Gasteiger partial charge is 0.295 e. The van der Waals surface area contributed by atoms with Gasteiger partial charge in [-0.25, -0.2) is 0 Å². The fourth-order valence-corrected chi connectivity index (χ4v) is 3.19. The number of nitrogens with zero attached hydrogens (tertiary/aromatic N) is 2. The molecule has 0 atom stereocenters. The fourth-order valence-electron chi connectivity index (χ4n) is 3.19. The zero-order valence-corrected chi connectivity index (χ0v) is 12.8. The third kappa shape index (κ3) is 1.86.